The molecule has 1 rings (SSSR count). The fourth-order valence-corrected chi connectivity index (χ4v) is 0.475. The largest absolute Gasteiger partial charge is 0.412 e. The van der Waals surface area contributed by atoms with Crippen molar-refractivity contribution in [3.63, 3.8) is 0 Å². The van der Waals surface area contributed by atoms with Crippen LogP contribution in [0.3, 0.4) is 0 Å². The summed E-state index contributed by atoms with van der Waals surface area (Å²) in [5.41, 5.74) is 0.556. The first kappa shape index (κ1) is 6.95. The Balaban J connectivity index is 0.000000490. The summed E-state index contributed by atoms with van der Waals surface area (Å²) < 4.78 is 0. The molecule has 1 heterocycles. The Kier molecular flexibility index (Phi) is 2.62. The molecule has 0 amide bonds. The molecule has 0 fully saturated rings. The van der Waals surface area contributed by atoms with Crippen molar-refractivity contribution in [3.05, 3.63) is 17.8 Å². The second kappa shape index (κ2) is 3.02. The summed E-state index contributed by atoms with van der Waals surface area (Å²) in [6, 6.07) is 0. The van der Waals surface area contributed by atoms with Crippen molar-refractivity contribution >= 4 is 5.94 Å². The van der Waals surface area contributed by atoms with Crippen LogP contribution in [0.2, 0.25) is 0 Å². The highest BCUT2D eigenvalue weighted by Gasteiger charge is 1.93. The van der Waals surface area contributed by atoms with Crippen molar-refractivity contribution in [2.24, 2.45) is 0 Å². The lowest BCUT2D eigenvalue weighted by Crippen LogP contribution is -2.04. The van der Waals surface area contributed by atoms with Crippen molar-refractivity contribution < 1.29 is 10.3 Å². The van der Waals surface area contributed by atoms with Crippen LogP contribution in [-0.4, -0.2) is 18.0 Å². The van der Waals surface area contributed by atoms with E-state index < -0.39 is 0 Å². The molecule has 0 unspecified atom stereocenters. The maximum absolute atomic E-state index is 9.73. The van der Waals surface area contributed by atoms with E-state index >= 15 is 0 Å². The van der Waals surface area contributed by atoms with Gasteiger partial charge in [0.1, 0.15) is 11.6 Å². The van der Waals surface area contributed by atoms with E-state index in [1.165, 1.54) is 0 Å². The molecule has 3 nitrogen and oxygen atoms in total. The van der Waals surface area contributed by atoms with Gasteiger partial charge in [0.15, 0.2) is 0 Å². The van der Waals surface area contributed by atoms with Crippen LogP contribution in [0, 0.1) is 0 Å². The normalized spacial score (nSPS) is 14.2. The number of carbonyl (C=O) groups excluding carboxylic acids is 1. The average molecular weight is 113 g/mol. The van der Waals surface area contributed by atoms with Gasteiger partial charge in [-0.1, -0.05) is 6.08 Å². The van der Waals surface area contributed by atoms with E-state index in [0.29, 0.717) is 5.70 Å². The van der Waals surface area contributed by atoms with E-state index in [0.717, 1.165) is 6.54 Å². The van der Waals surface area contributed by atoms with E-state index in [-0.39, 0.29) is 5.48 Å². The lowest BCUT2D eigenvalue weighted by atomic mass is 10.5. The van der Waals surface area contributed by atoms with Crippen LogP contribution in [0.25, 0.3) is 0 Å². The van der Waals surface area contributed by atoms with Gasteiger partial charge in [-0.3, -0.25) is 0 Å². The van der Waals surface area contributed by atoms with Crippen molar-refractivity contribution in [1.82, 2.24) is 5.32 Å². The lowest BCUT2D eigenvalue weighted by Gasteiger charge is -1.84. The Bertz CT molecular complexity index is 145. The van der Waals surface area contributed by atoms with E-state index in [4.69, 9.17) is 0 Å². The first-order valence-electron chi connectivity index (χ1n) is 2.09. The summed E-state index contributed by atoms with van der Waals surface area (Å²) in [5, 5.41) is 2.79. The molecule has 0 bridgehead atoms. The van der Waals surface area contributed by atoms with E-state index in [1.54, 1.807) is 12.0 Å². The molecule has 0 aromatic rings. The zero-order valence-corrected chi connectivity index (χ0v) is 4.27. The molecule has 0 atom stereocenters. The van der Waals surface area contributed by atoms with Gasteiger partial charge in [-0.25, -0.2) is 4.79 Å². The van der Waals surface area contributed by atoms with Crippen LogP contribution in [0.15, 0.2) is 17.8 Å². The molecule has 0 aromatic carbocycles. The van der Waals surface area contributed by atoms with E-state index in [1.807, 2.05) is 6.08 Å². The molecule has 0 radical (unpaired) electrons. The maximum Gasteiger partial charge on any atom is 0.150 e. The van der Waals surface area contributed by atoms with Crippen LogP contribution in [0.1, 0.15) is 0 Å². The van der Waals surface area contributed by atoms with Gasteiger partial charge in [-0.05, 0) is 6.08 Å². The highest BCUT2D eigenvalue weighted by Crippen LogP contribution is 1.90. The van der Waals surface area contributed by atoms with Gasteiger partial charge in [-0.15, -0.1) is 0 Å². The van der Waals surface area contributed by atoms with Crippen molar-refractivity contribution in [2.75, 3.05) is 6.54 Å². The molecule has 3 heteroatoms. The first-order chi connectivity index (χ1) is 3.43. The predicted molar refractivity (Wildman–Crippen MR) is 30.0 cm³/mol. The minimum atomic E-state index is 0. The van der Waals surface area contributed by atoms with Gasteiger partial charge in [0.05, 0.1) is 0 Å². The third-order valence-electron chi connectivity index (χ3n) is 0.805. The van der Waals surface area contributed by atoms with Crippen LogP contribution < -0.4 is 5.32 Å². The fraction of sp³-hybridized carbons (Fsp3) is 0.200. The zero-order valence-electron chi connectivity index (χ0n) is 4.27. The maximum atomic E-state index is 9.73. The Hall–Kier alpha value is -1.05. The average Bonchev–Trinajstić information content (AvgIpc) is 2.14. The molecule has 3 N–H and O–H groups in total. The van der Waals surface area contributed by atoms with Crippen LogP contribution in [0.5, 0.6) is 0 Å². The summed E-state index contributed by atoms with van der Waals surface area (Å²) in [6.45, 7) is 0.768. The lowest BCUT2D eigenvalue weighted by molar-refractivity contribution is 0.566. The number of hydrogen-bond acceptors (Lipinski definition) is 2. The Labute approximate surface area is 47.0 Å². The van der Waals surface area contributed by atoms with Gasteiger partial charge < -0.3 is 10.8 Å². The van der Waals surface area contributed by atoms with Gasteiger partial charge in [0, 0.05) is 6.54 Å². The van der Waals surface area contributed by atoms with Crippen molar-refractivity contribution in [2.45, 2.75) is 0 Å². The summed E-state index contributed by atoms with van der Waals surface area (Å²) in [6.07, 6.45) is 3.59. The second-order valence-corrected chi connectivity index (χ2v) is 1.30. The van der Waals surface area contributed by atoms with E-state index in [9.17, 15) is 4.79 Å². The van der Waals surface area contributed by atoms with Crippen molar-refractivity contribution in [1.29, 1.82) is 0 Å². The Morgan fingerprint density at radius 1 is 1.75 bits per heavy atom. The van der Waals surface area contributed by atoms with Crippen LogP contribution in [0.4, 0.5) is 0 Å². The summed E-state index contributed by atoms with van der Waals surface area (Å²) >= 11 is 0. The number of allylic oxidation sites excluding steroid dienone is 1. The Morgan fingerprint density at radius 3 is 2.75 bits per heavy atom. The summed E-state index contributed by atoms with van der Waals surface area (Å²) in [4.78, 5) is 9.73. The third kappa shape index (κ3) is 1.22. The molecular formula is C5H7NO2. The molecule has 0 saturated heterocycles. The van der Waals surface area contributed by atoms with Gasteiger partial charge in [-0.2, -0.15) is 0 Å². The number of nitrogens with one attached hydrogen (secondary N) is 1. The quantitative estimate of drug-likeness (QED) is 0.411. The van der Waals surface area contributed by atoms with E-state index in [2.05, 4.69) is 5.32 Å². The van der Waals surface area contributed by atoms with Gasteiger partial charge in [0.25, 0.3) is 0 Å². The fourth-order valence-electron chi connectivity index (χ4n) is 0.475. The number of rotatable bonds is 0. The standard InChI is InChI=1S/C5H5NO.H2O/c7-4-5-2-1-3-6-5;/h1-2,6H,3H2;1H2. The molecule has 8 heavy (non-hydrogen) atoms. The van der Waals surface area contributed by atoms with Crippen LogP contribution >= 0.6 is 0 Å². The molecule has 0 aromatic heterocycles. The third-order valence-corrected chi connectivity index (χ3v) is 0.805. The molecule has 0 spiro atoms. The topological polar surface area (TPSA) is 60.6 Å². The minimum Gasteiger partial charge on any atom is -0.412 e. The number of hydrogen-bond donors (Lipinski definition) is 1. The molecule has 0 saturated carbocycles. The molecule has 0 aliphatic carbocycles. The second-order valence-electron chi connectivity index (χ2n) is 1.30. The first-order valence-corrected chi connectivity index (χ1v) is 2.09. The van der Waals surface area contributed by atoms with Crippen LogP contribution in [-0.2, 0) is 4.79 Å². The highest BCUT2D eigenvalue weighted by molar-refractivity contribution is 5.57. The highest BCUT2D eigenvalue weighted by atomic mass is 16.1. The molecular weight excluding hydrogens is 106 g/mol. The summed E-state index contributed by atoms with van der Waals surface area (Å²) in [5.74, 6) is 1.73. The smallest absolute Gasteiger partial charge is 0.150 e. The van der Waals surface area contributed by atoms with Gasteiger partial charge in [0.2, 0.25) is 0 Å². The zero-order chi connectivity index (χ0) is 5.11. The predicted octanol–water partition coefficient (Wildman–Crippen LogP) is -0.963. The summed E-state index contributed by atoms with van der Waals surface area (Å²) in [7, 11) is 0. The minimum absolute atomic E-state index is 0. The molecule has 44 valence electrons. The monoisotopic (exact) mass is 113 g/mol. The van der Waals surface area contributed by atoms with Crippen molar-refractivity contribution in [3.8, 4) is 0 Å². The Morgan fingerprint density at radius 2 is 2.50 bits per heavy atom. The molecule has 1 aliphatic rings. The molecule has 1 aliphatic heterocycles. The SMILES string of the molecule is O.O=C=C1C=CCN1. The van der Waals surface area contributed by atoms with Gasteiger partial charge >= 0.3 is 0 Å².